The van der Waals surface area contributed by atoms with Crippen LogP contribution in [0.4, 0.5) is 83.2 Å². The van der Waals surface area contributed by atoms with Crippen molar-refractivity contribution in [3.63, 3.8) is 0 Å². The van der Waals surface area contributed by atoms with Crippen molar-refractivity contribution < 1.29 is 60.4 Å². The van der Waals surface area contributed by atoms with E-state index in [-0.39, 0.29) is 65.8 Å². The molecule has 5 aromatic carbocycles. The van der Waals surface area contributed by atoms with E-state index in [0.717, 1.165) is 74.9 Å². The first-order valence-corrected chi connectivity index (χ1v) is 32.1. The van der Waals surface area contributed by atoms with Gasteiger partial charge in [0.15, 0.2) is 17.1 Å². The molecule has 514 valence electrons. The maximum absolute atomic E-state index is 13.2. The number of aliphatic hydroxyl groups is 1. The van der Waals surface area contributed by atoms with Crippen molar-refractivity contribution in [3.8, 4) is 0 Å². The minimum absolute atomic E-state index is 0.000305. The molecule has 2 amide bonds. The summed E-state index contributed by atoms with van der Waals surface area (Å²) in [5.74, 6) is -0.111. The number of hydrogen-bond donors (Lipinski definition) is 4. The van der Waals surface area contributed by atoms with Gasteiger partial charge in [-0.05, 0) is 124 Å². The van der Waals surface area contributed by atoms with Gasteiger partial charge < -0.3 is 50.3 Å². The Morgan fingerprint density at radius 3 is 1.21 bits per heavy atom. The predicted octanol–water partition coefficient (Wildman–Crippen LogP) is 13.3. The largest absolute Gasteiger partial charge is 0.423 e. The normalized spacial score (nSPS) is 18.6. The summed E-state index contributed by atoms with van der Waals surface area (Å²) in [4.78, 5) is 73.5. The van der Waals surface area contributed by atoms with Gasteiger partial charge in [0.25, 0.3) is 11.4 Å². The summed E-state index contributed by atoms with van der Waals surface area (Å²) in [7, 11) is 0. The van der Waals surface area contributed by atoms with E-state index < -0.39 is 49.9 Å². The lowest BCUT2D eigenvalue weighted by Crippen LogP contribution is -2.50. The first-order chi connectivity index (χ1) is 45.8. The van der Waals surface area contributed by atoms with E-state index in [1.807, 2.05) is 60.7 Å². The minimum Gasteiger partial charge on any atom is -0.393 e. The zero-order valence-corrected chi connectivity index (χ0v) is 54.3. The van der Waals surface area contributed by atoms with Crippen molar-refractivity contribution >= 4 is 109 Å². The highest BCUT2D eigenvalue weighted by Crippen LogP contribution is 2.40. The molecule has 5 aliphatic rings. The van der Waals surface area contributed by atoms with Crippen LogP contribution in [0.15, 0.2) is 109 Å². The smallest absolute Gasteiger partial charge is 0.393 e. The van der Waals surface area contributed by atoms with Gasteiger partial charge in [-0.3, -0.25) is 34.6 Å². The van der Waals surface area contributed by atoms with E-state index in [0.29, 0.717) is 108 Å². The molecule has 3 aliphatic heterocycles. The second-order valence-corrected chi connectivity index (χ2v) is 23.5. The first kappa shape index (κ1) is 76.3. The van der Waals surface area contributed by atoms with E-state index >= 15 is 0 Å². The van der Waals surface area contributed by atoms with Crippen molar-refractivity contribution in [2.75, 3.05) is 122 Å². The van der Waals surface area contributed by atoms with Crippen molar-refractivity contribution in [3.05, 3.63) is 175 Å². The molecular weight excluding hydrogens is 1330 g/mol. The molecule has 5 aromatic rings. The average Bonchev–Trinajstić information content (AvgIpc) is 0.830. The molecule has 0 aromatic heterocycles. The molecule has 0 unspecified atom stereocenters. The average molecular weight is 1400 g/mol. The van der Waals surface area contributed by atoms with Crippen LogP contribution >= 0.6 is 34.8 Å². The van der Waals surface area contributed by atoms with Crippen LogP contribution in [0.3, 0.4) is 0 Å². The molecule has 0 atom stereocenters. The number of nitro benzene ring substituents is 2. The van der Waals surface area contributed by atoms with Gasteiger partial charge in [-0.1, -0.05) is 36.4 Å². The van der Waals surface area contributed by atoms with Crippen LogP contribution in [0.25, 0.3) is 14.5 Å². The number of halogens is 9. The van der Waals surface area contributed by atoms with Gasteiger partial charge in [-0.25, -0.2) is 14.5 Å². The standard InChI is InChI=1S/C26H28F3N5O4.C13H14ClN3O.C13H15F3N2O3.C11H13N3.C2H2Cl2O/c1-30-18-2-7-21(8-3-18)32-12-14-33(15-13-32)25(35)17-38-22-9-4-19(5-10-22)31-20-6-11-24(34(36)37)23(16-20)26(27,28)29;1-15-11-2-4-12(5-3-11)16-6-8-17(9-7-16)13(18)10-14;14-13(15,16)11-7-9(3-6-12(11)18(20)21)17-8-1-4-10(19)5-2-8;1-12-10-2-4-11(5-3-10)14-8-6-13-7-9-14;3-1-2(4)5/h2-3,6-8,11,16,19,22,31H,4-5,9-10,12-15,17H2;2-5H,6-10H2;3,6-8,10,17,19H,1-2,4-5H2;2-5,13H,6-9H2;1H2. The maximum atomic E-state index is 13.2. The summed E-state index contributed by atoms with van der Waals surface area (Å²) in [6.07, 6.45) is -4.99. The van der Waals surface area contributed by atoms with Crippen molar-refractivity contribution in [1.29, 1.82) is 0 Å². The number of rotatable bonds is 14. The monoisotopic (exact) mass is 1400 g/mol. The number of piperazine rings is 3. The first-order valence-electron chi connectivity index (χ1n) is 30.6. The number of anilines is 5. The van der Waals surface area contributed by atoms with Gasteiger partial charge in [0.2, 0.25) is 17.1 Å². The molecule has 0 bridgehead atoms. The highest BCUT2D eigenvalue weighted by Gasteiger charge is 2.40. The van der Waals surface area contributed by atoms with Crippen LogP contribution in [0.5, 0.6) is 0 Å². The molecular formula is C65H72Cl3F6N13O9. The van der Waals surface area contributed by atoms with Crippen molar-refractivity contribution in [2.45, 2.75) is 88.0 Å². The third-order valence-corrected chi connectivity index (χ3v) is 16.9. The van der Waals surface area contributed by atoms with Crippen LogP contribution in [0.1, 0.15) is 62.5 Å². The van der Waals surface area contributed by atoms with Gasteiger partial charge in [-0.15, -0.1) is 23.2 Å². The van der Waals surface area contributed by atoms with Gasteiger partial charge in [0.1, 0.15) is 23.6 Å². The lowest BCUT2D eigenvalue weighted by molar-refractivity contribution is -0.388. The Labute approximate surface area is 566 Å². The summed E-state index contributed by atoms with van der Waals surface area (Å²) >= 11 is 15.1. The Morgan fingerprint density at radius 1 is 0.542 bits per heavy atom. The van der Waals surface area contributed by atoms with Gasteiger partial charge in [0, 0.05) is 131 Å². The van der Waals surface area contributed by atoms with Crippen LogP contribution in [0.2, 0.25) is 0 Å². The lowest BCUT2D eigenvalue weighted by atomic mass is 9.92. The molecule has 2 aliphatic carbocycles. The Morgan fingerprint density at radius 2 is 0.885 bits per heavy atom. The number of benzene rings is 5. The van der Waals surface area contributed by atoms with Crippen LogP contribution in [-0.2, 0) is 31.5 Å². The Kier molecular flexibility index (Phi) is 29.9. The topological polar surface area (TPSA) is 232 Å². The third kappa shape index (κ3) is 24.2. The molecule has 0 radical (unpaired) electrons. The van der Waals surface area contributed by atoms with E-state index in [1.165, 1.54) is 17.8 Å². The molecule has 10 rings (SSSR count). The summed E-state index contributed by atoms with van der Waals surface area (Å²) < 4.78 is 84.1. The summed E-state index contributed by atoms with van der Waals surface area (Å²) in [5, 5.41) is 39.8. The fourth-order valence-electron chi connectivity index (χ4n) is 11.0. The third-order valence-electron chi connectivity index (χ3n) is 16.2. The van der Waals surface area contributed by atoms with Crippen LogP contribution in [0, 0.1) is 39.9 Å². The molecule has 3 heterocycles. The number of alkyl halides is 8. The molecule has 3 saturated heterocycles. The Bertz CT molecular complexity index is 3490. The number of carbonyl (C=O) groups is 3. The van der Waals surface area contributed by atoms with Gasteiger partial charge >= 0.3 is 12.4 Å². The van der Waals surface area contributed by atoms with E-state index in [1.54, 1.807) is 21.9 Å². The highest BCUT2D eigenvalue weighted by atomic mass is 35.5. The molecule has 31 heteroatoms. The molecule has 5 fully saturated rings. The molecule has 22 nitrogen and oxygen atoms in total. The van der Waals surface area contributed by atoms with E-state index in [2.05, 4.69) is 45.2 Å². The number of nitrogens with one attached hydrogen (secondary N) is 3. The van der Waals surface area contributed by atoms with E-state index in [9.17, 15) is 66.1 Å². The van der Waals surface area contributed by atoms with Gasteiger partial charge in [0.05, 0.1) is 47.7 Å². The summed E-state index contributed by atoms with van der Waals surface area (Å²) in [6, 6.07) is 28.5. The fraction of sp³-hybridized carbons (Fsp3) is 0.446. The van der Waals surface area contributed by atoms with Crippen molar-refractivity contribution in [1.82, 2.24) is 15.1 Å². The molecule has 2 saturated carbocycles. The lowest BCUT2D eigenvalue weighted by Gasteiger charge is -2.36. The maximum Gasteiger partial charge on any atom is 0.423 e. The Hall–Kier alpha value is -8.69. The number of carbonyl (C=O) groups excluding carboxylic acids is 3. The number of nitrogens with zero attached hydrogens (tertiary/aromatic N) is 10. The minimum atomic E-state index is -4.82. The van der Waals surface area contributed by atoms with Crippen LogP contribution in [-0.4, -0.2) is 163 Å². The second-order valence-electron chi connectivity index (χ2n) is 22.5. The fourth-order valence-corrected chi connectivity index (χ4v) is 11.2. The Balaban J connectivity index is 0.000000212. The number of aliphatic hydroxyl groups excluding tert-OH is 1. The number of nitro groups is 2. The highest BCUT2D eigenvalue weighted by molar-refractivity contribution is 6.67. The summed E-state index contributed by atoms with van der Waals surface area (Å²) in [5.41, 5.74) is 1.22. The number of amides is 2. The zero-order valence-electron chi connectivity index (χ0n) is 52.1. The SMILES string of the molecule is O=C(Cl)CCl.O=[N+]([O-])c1ccc(NC2CCC(O)CC2)cc1C(F)(F)F.[C-]#[N+]c1ccc(N2CCN(C(=O)CCl)CC2)cc1.[C-]#[N+]c1ccc(N2CCN(C(=O)COC3CCC(Nc4ccc([N+](=O)[O-])c(C(F)(F)F)c4)CC3)CC2)cc1.[C-]#[N+]c1ccc(N2CCNCC2)cc1. The zero-order chi connectivity index (χ0) is 70.0. The predicted molar refractivity (Wildman–Crippen MR) is 357 cm³/mol. The van der Waals surface area contributed by atoms with E-state index in [4.69, 9.17) is 59.3 Å². The quantitative estimate of drug-likeness (QED) is 0.0202. The number of hydrogen-bond acceptors (Lipinski definition) is 15. The van der Waals surface area contributed by atoms with Gasteiger partial charge in [-0.2, -0.15) is 26.3 Å². The number of ether oxygens (including phenoxy) is 1. The summed E-state index contributed by atoms with van der Waals surface area (Å²) in [6.45, 7) is 30.6. The molecule has 96 heavy (non-hydrogen) atoms. The second kappa shape index (κ2) is 37.6. The van der Waals surface area contributed by atoms with Crippen LogP contribution < -0.4 is 30.7 Å². The van der Waals surface area contributed by atoms with Crippen molar-refractivity contribution in [2.24, 2.45) is 0 Å². The molecule has 4 N–H and O–H groups in total. The molecule has 0 spiro atoms.